The Bertz CT molecular complexity index is 709. The van der Waals surface area contributed by atoms with E-state index in [1.807, 2.05) is 0 Å². The van der Waals surface area contributed by atoms with Gasteiger partial charge in [0.25, 0.3) is 5.69 Å². The number of nitro benzene ring substituents is 1. The highest BCUT2D eigenvalue weighted by atomic mass is 32.2. The van der Waals surface area contributed by atoms with Crippen LogP contribution in [-0.2, 0) is 14.8 Å². The maximum atomic E-state index is 13.1. The summed E-state index contributed by atoms with van der Waals surface area (Å²) in [5.74, 6) is 0.161. The third-order valence-corrected chi connectivity index (χ3v) is 6.48. The molecule has 0 bridgehead atoms. The number of ether oxygens (including phenoxy) is 1. The zero-order valence-electron chi connectivity index (χ0n) is 13.0. The van der Waals surface area contributed by atoms with Gasteiger partial charge in [-0.05, 0) is 37.7 Å². The van der Waals surface area contributed by atoms with Gasteiger partial charge in [0.2, 0.25) is 10.0 Å². The fourth-order valence-electron chi connectivity index (χ4n) is 3.02. The van der Waals surface area contributed by atoms with Crippen molar-refractivity contribution in [2.24, 2.45) is 5.92 Å². The molecule has 2 aliphatic rings. The number of nitro groups is 1. The average Bonchev–Trinajstić information content (AvgIpc) is 3.19. The molecule has 1 aliphatic heterocycles. The van der Waals surface area contributed by atoms with Crippen molar-refractivity contribution in [3.63, 3.8) is 0 Å². The molecule has 1 aliphatic carbocycles. The van der Waals surface area contributed by atoms with Crippen LogP contribution in [0.15, 0.2) is 23.1 Å². The van der Waals surface area contributed by atoms with Crippen LogP contribution in [0.2, 0.25) is 0 Å². The minimum absolute atomic E-state index is 0.0418. The molecule has 1 saturated carbocycles. The third kappa shape index (κ3) is 3.24. The molecule has 0 unspecified atom stereocenters. The fourth-order valence-corrected chi connectivity index (χ4v) is 5.15. The monoisotopic (exact) mass is 340 g/mol. The number of nitrogens with zero attached hydrogens (tertiary/aromatic N) is 2. The summed E-state index contributed by atoms with van der Waals surface area (Å²) < 4.78 is 33.0. The number of aryl methyl sites for hydroxylation is 1. The van der Waals surface area contributed by atoms with Crippen molar-refractivity contribution in [1.82, 2.24) is 4.31 Å². The van der Waals surface area contributed by atoms with Crippen molar-refractivity contribution >= 4 is 15.7 Å². The van der Waals surface area contributed by atoms with Crippen LogP contribution in [0.5, 0.6) is 0 Å². The standard InChI is InChI=1S/C15H20N2O5S/c1-11-3-2-4-14(17(18)19)15(11)23(20,21)16(13-5-6-13)9-12-7-8-22-10-12/h2-4,12-13H,5-10H2,1H3/t12-/m1/s1. The molecule has 7 nitrogen and oxygen atoms in total. The van der Waals surface area contributed by atoms with Crippen molar-refractivity contribution in [1.29, 1.82) is 0 Å². The van der Waals surface area contributed by atoms with E-state index in [2.05, 4.69) is 0 Å². The molecule has 126 valence electrons. The van der Waals surface area contributed by atoms with Gasteiger partial charge in [-0.25, -0.2) is 8.42 Å². The first kappa shape index (κ1) is 16.4. The Labute approximate surface area is 135 Å². The third-order valence-electron chi connectivity index (χ3n) is 4.37. The Morgan fingerprint density at radius 1 is 1.35 bits per heavy atom. The number of sulfonamides is 1. The minimum Gasteiger partial charge on any atom is -0.381 e. The molecule has 1 saturated heterocycles. The molecule has 2 fully saturated rings. The summed E-state index contributed by atoms with van der Waals surface area (Å²) in [7, 11) is -3.90. The van der Waals surface area contributed by atoms with Gasteiger partial charge in [-0.2, -0.15) is 4.31 Å². The highest BCUT2D eigenvalue weighted by molar-refractivity contribution is 7.89. The summed E-state index contributed by atoms with van der Waals surface area (Å²) in [4.78, 5) is 10.5. The highest BCUT2D eigenvalue weighted by Gasteiger charge is 2.42. The van der Waals surface area contributed by atoms with Crippen molar-refractivity contribution in [3.05, 3.63) is 33.9 Å². The van der Waals surface area contributed by atoms with Crippen molar-refractivity contribution in [3.8, 4) is 0 Å². The average molecular weight is 340 g/mol. The van der Waals surface area contributed by atoms with E-state index in [1.165, 1.54) is 16.4 Å². The van der Waals surface area contributed by atoms with Crippen LogP contribution in [0.4, 0.5) is 5.69 Å². The SMILES string of the molecule is Cc1cccc([N+](=O)[O-])c1S(=O)(=O)N(C[C@H]1CCOC1)C1CC1. The van der Waals surface area contributed by atoms with Gasteiger partial charge in [-0.15, -0.1) is 0 Å². The van der Waals surface area contributed by atoms with Gasteiger partial charge in [0.15, 0.2) is 4.90 Å². The molecule has 0 aromatic heterocycles. The largest absolute Gasteiger partial charge is 0.381 e. The fraction of sp³-hybridized carbons (Fsp3) is 0.600. The molecule has 1 aromatic carbocycles. The van der Waals surface area contributed by atoms with Crippen LogP contribution in [0, 0.1) is 23.0 Å². The summed E-state index contributed by atoms with van der Waals surface area (Å²) in [5.41, 5.74) is 0.0610. The predicted octanol–water partition coefficient (Wildman–Crippen LogP) is 2.09. The van der Waals surface area contributed by atoms with Crippen molar-refractivity contribution in [2.75, 3.05) is 19.8 Å². The Morgan fingerprint density at radius 2 is 2.09 bits per heavy atom. The lowest BCUT2D eigenvalue weighted by atomic mass is 10.1. The summed E-state index contributed by atoms with van der Waals surface area (Å²) in [6.45, 7) is 3.17. The molecule has 0 amide bonds. The minimum atomic E-state index is -3.90. The molecule has 3 rings (SSSR count). The molecule has 0 N–H and O–H groups in total. The van der Waals surface area contributed by atoms with E-state index in [4.69, 9.17) is 4.74 Å². The molecule has 23 heavy (non-hydrogen) atoms. The zero-order valence-corrected chi connectivity index (χ0v) is 13.8. The van der Waals surface area contributed by atoms with E-state index in [0.717, 1.165) is 19.3 Å². The lowest BCUT2D eigenvalue weighted by Gasteiger charge is -2.25. The van der Waals surface area contributed by atoms with Crippen molar-refractivity contribution < 1.29 is 18.1 Å². The first-order valence-electron chi connectivity index (χ1n) is 7.75. The van der Waals surface area contributed by atoms with Gasteiger partial charge in [0.1, 0.15) is 0 Å². The normalized spacial score (nSPS) is 21.7. The Kier molecular flexibility index (Phi) is 4.39. The van der Waals surface area contributed by atoms with Gasteiger partial charge >= 0.3 is 0 Å². The lowest BCUT2D eigenvalue weighted by molar-refractivity contribution is -0.387. The van der Waals surface area contributed by atoms with Crippen LogP contribution >= 0.6 is 0 Å². The second-order valence-corrected chi connectivity index (χ2v) is 8.04. The highest BCUT2D eigenvalue weighted by Crippen LogP contribution is 2.37. The maximum Gasteiger partial charge on any atom is 0.289 e. The van der Waals surface area contributed by atoms with Gasteiger partial charge in [-0.3, -0.25) is 10.1 Å². The van der Waals surface area contributed by atoms with Gasteiger partial charge in [-0.1, -0.05) is 12.1 Å². The smallest absolute Gasteiger partial charge is 0.289 e. The molecule has 0 radical (unpaired) electrons. The Hall–Kier alpha value is -1.51. The van der Waals surface area contributed by atoms with E-state index in [9.17, 15) is 18.5 Å². The second-order valence-electron chi connectivity index (χ2n) is 6.22. The van der Waals surface area contributed by atoms with Crippen LogP contribution in [0.1, 0.15) is 24.8 Å². The van der Waals surface area contributed by atoms with Crippen LogP contribution in [-0.4, -0.2) is 43.4 Å². The first-order valence-corrected chi connectivity index (χ1v) is 9.19. The first-order chi connectivity index (χ1) is 10.9. The van der Waals surface area contributed by atoms with Crippen molar-refractivity contribution in [2.45, 2.75) is 37.1 Å². The number of rotatable bonds is 6. The molecular formula is C15H20N2O5S. The van der Waals surface area contributed by atoms with E-state index >= 15 is 0 Å². The van der Waals surface area contributed by atoms with E-state index < -0.39 is 14.9 Å². The number of hydrogen-bond donors (Lipinski definition) is 0. The van der Waals surface area contributed by atoms with Crippen LogP contribution in [0.3, 0.4) is 0 Å². The second kappa shape index (κ2) is 6.18. The molecule has 0 spiro atoms. The van der Waals surface area contributed by atoms with E-state index in [1.54, 1.807) is 13.0 Å². The van der Waals surface area contributed by atoms with Crippen LogP contribution in [0.25, 0.3) is 0 Å². The lowest BCUT2D eigenvalue weighted by Crippen LogP contribution is -2.38. The molecular weight excluding hydrogens is 320 g/mol. The maximum absolute atomic E-state index is 13.1. The van der Waals surface area contributed by atoms with Crippen LogP contribution < -0.4 is 0 Å². The summed E-state index contributed by atoms with van der Waals surface area (Å²) >= 11 is 0. The number of benzene rings is 1. The molecule has 1 aromatic rings. The zero-order chi connectivity index (χ0) is 16.6. The van der Waals surface area contributed by atoms with E-state index in [0.29, 0.717) is 25.3 Å². The molecule has 1 heterocycles. The van der Waals surface area contributed by atoms with Gasteiger partial charge in [0, 0.05) is 25.3 Å². The quantitative estimate of drug-likeness (QED) is 0.584. The summed E-state index contributed by atoms with van der Waals surface area (Å²) in [6, 6.07) is 4.33. The predicted molar refractivity (Wildman–Crippen MR) is 83.7 cm³/mol. The summed E-state index contributed by atoms with van der Waals surface area (Å²) in [5, 5.41) is 11.3. The number of hydrogen-bond acceptors (Lipinski definition) is 5. The summed E-state index contributed by atoms with van der Waals surface area (Å²) in [6.07, 6.45) is 2.45. The molecule has 8 heteroatoms. The topological polar surface area (TPSA) is 89.8 Å². The molecule has 1 atom stereocenters. The Morgan fingerprint density at radius 3 is 2.65 bits per heavy atom. The van der Waals surface area contributed by atoms with E-state index in [-0.39, 0.29) is 22.5 Å². The van der Waals surface area contributed by atoms with Gasteiger partial charge < -0.3 is 4.74 Å². The Balaban J connectivity index is 2.00. The van der Waals surface area contributed by atoms with Gasteiger partial charge in [0.05, 0.1) is 11.5 Å².